The lowest BCUT2D eigenvalue weighted by Gasteiger charge is -2.05. The molecule has 0 aromatic heterocycles. The highest BCUT2D eigenvalue weighted by atomic mass is 32.2. The Morgan fingerprint density at radius 1 is 1.21 bits per heavy atom. The maximum atomic E-state index is 10.6. The molecular weight excluding hydrogens is 260 g/mol. The van der Waals surface area contributed by atoms with Gasteiger partial charge in [0.2, 0.25) is 0 Å². The largest absolute Gasteiger partial charge is 0.269 e. The minimum Gasteiger partial charge on any atom is -0.258 e. The predicted molar refractivity (Wildman–Crippen MR) is 73.1 cm³/mol. The number of rotatable bonds is 3. The van der Waals surface area contributed by atoms with Crippen LogP contribution in [0.3, 0.4) is 0 Å². The Bertz CT molecular complexity index is 660. The minimum atomic E-state index is -0.415. The summed E-state index contributed by atoms with van der Waals surface area (Å²) in [5.41, 5.74) is 1.73. The highest BCUT2D eigenvalue weighted by molar-refractivity contribution is 7.99. The molecule has 0 amide bonds. The van der Waals surface area contributed by atoms with Crippen LogP contribution in [0.25, 0.3) is 0 Å². The molecule has 0 bridgehead atoms. The number of nitro benzene ring substituents is 1. The van der Waals surface area contributed by atoms with Crippen molar-refractivity contribution in [3.05, 3.63) is 63.7 Å². The first-order chi connectivity index (χ1) is 9.10. The second kappa shape index (κ2) is 5.55. The average Bonchev–Trinajstić information content (AvgIpc) is 2.41. The van der Waals surface area contributed by atoms with E-state index in [2.05, 4.69) is 6.07 Å². The molecule has 19 heavy (non-hydrogen) atoms. The lowest BCUT2D eigenvalue weighted by Crippen LogP contribution is -1.87. The third-order valence-corrected chi connectivity index (χ3v) is 3.77. The summed E-state index contributed by atoms with van der Waals surface area (Å²) in [6, 6.07) is 14.0. The van der Waals surface area contributed by atoms with E-state index in [1.807, 2.05) is 19.1 Å². The lowest BCUT2D eigenvalue weighted by molar-refractivity contribution is -0.384. The molecule has 0 atom stereocenters. The molecule has 0 aliphatic heterocycles. The van der Waals surface area contributed by atoms with E-state index in [0.717, 1.165) is 15.4 Å². The van der Waals surface area contributed by atoms with E-state index in [4.69, 9.17) is 5.26 Å². The third-order valence-electron chi connectivity index (χ3n) is 2.58. The maximum Gasteiger partial charge on any atom is 0.269 e. The van der Waals surface area contributed by atoms with Crippen LogP contribution in [0.4, 0.5) is 5.69 Å². The highest BCUT2D eigenvalue weighted by Crippen LogP contribution is 2.31. The SMILES string of the molecule is Cc1cc(C#N)ccc1Sc1ccc([N+](=O)[O-])cc1. The highest BCUT2D eigenvalue weighted by Gasteiger charge is 2.06. The summed E-state index contributed by atoms with van der Waals surface area (Å²) in [6.07, 6.45) is 0. The fourth-order valence-corrected chi connectivity index (χ4v) is 2.48. The summed E-state index contributed by atoms with van der Waals surface area (Å²) in [6.45, 7) is 1.94. The Morgan fingerprint density at radius 2 is 1.89 bits per heavy atom. The van der Waals surface area contributed by atoms with Crippen molar-refractivity contribution in [1.29, 1.82) is 5.26 Å². The van der Waals surface area contributed by atoms with Crippen molar-refractivity contribution < 1.29 is 4.92 Å². The van der Waals surface area contributed by atoms with Crippen molar-refractivity contribution in [2.45, 2.75) is 16.7 Å². The molecule has 0 aliphatic carbocycles. The van der Waals surface area contributed by atoms with Crippen LogP contribution < -0.4 is 0 Å². The van der Waals surface area contributed by atoms with E-state index in [1.165, 1.54) is 23.9 Å². The minimum absolute atomic E-state index is 0.0842. The van der Waals surface area contributed by atoms with Crippen LogP contribution in [0.15, 0.2) is 52.3 Å². The third kappa shape index (κ3) is 3.12. The summed E-state index contributed by atoms with van der Waals surface area (Å²) in [5.74, 6) is 0. The average molecular weight is 270 g/mol. The molecule has 0 unspecified atom stereocenters. The smallest absolute Gasteiger partial charge is 0.258 e. The van der Waals surface area contributed by atoms with Crippen molar-refractivity contribution in [3.63, 3.8) is 0 Å². The Hall–Kier alpha value is -2.32. The Labute approximate surface area is 114 Å². The van der Waals surface area contributed by atoms with Gasteiger partial charge in [0.25, 0.3) is 5.69 Å². The van der Waals surface area contributed by atoms with Crippen LogP contribution in [0.2, 0.25) is 0 Å². The van der Waals surface area contributed by atoms with Crippen LogP contribution in [0.1, 0.15) is 11.1 Å². The first-order valence-corrected chi connectivity index (χ1v) is 6.35. The molecule has 5 heteroatoms. The van der Waals surface area contributed by atoms with Crippen LogP contribution in [0.5, 0.6) is 0 Å². The summed E-state index contributed by atoms with van der Waals surface area (Å²) in [5, 5.41) is 19.4. The van der Waals surface area contributed by atoms with Crippen molar-refractivity contribution >= 4 is 17.4 Å². The molecule has 0 N–H and O–H groups in total. The first kappa shape index (κ1) is 13.1. The fourth-order valence-electron chi connectivity index (χ4n) is 1.60. The Morgan fingerprint density at radius 3 is 2.42 bits per heavy atom. The molecule has 0 saturated heterocycles. The molecule has 0 spiro atoms. The second-order valence-corrected chi connectivity index (χ2v) is 5.06. The predicted octanol–water partition coefficient (Wildman–Crippen LogP) is 3.93. The molecular formula is C14H10N2O2S. The summed E-state index contributed by atoms with van der Waals surface area (Å²) >= 11 is 1.52. The monoisotopic (exact) mass is 270 g/mol. The van der Waals surface area contributed by atoms with Crippen molar-refractivity contribution in [3.8, 4) is 6.07 Å². The molecule has 2 rings (SSSR count). The van der Waals surface area contributed by atoms with Gasteiger partial charge in [-0.2, -0.15) is 5.26 Å². The number of benzene rings is 2. The summed E-state index contributed by atoms with van der Waals surface area (Å²) in [4.78, 5) is 12.1. The summed E-state index contributed by atoms with van der Waals surface area (Å²) < 4.78 is 0. The normalized spacial score (nSPS) is 9.89. The number of hydrogen-bond donors (Lipinski definition) is 0. The van der Waals surface area contributed by atoms with Crippen LogP contribution in [-0.4, -0.2) is 4.92 Å². The number of aryl methyl sites for hydroxylation is 1. The van der Waals surface area contributed by atoms with Crippen LogP contribution >= 0.6 is 11.8 Å². The van der Waals surface area contributed by atoms with Gasteiger partial charge in [0, 0.05) is 21.9 Å². The maximum absolute atomic E-state index is 10.6. The molecule has 0 fully saturated rings. The zero-order valence-electron chi connectivity index (χ0n) is 10.2. The zero-order chi connectivity index (χ0) is 13.8. The number of nitrogens with zero attached hydrogens (tertiary/aromatic N) is 2. The fraction of sp³-hybridized carbons (Fsp3) is 0.0714. The topological polar surface area (TPSA) is 66.9 Å². The summed E-state index contributed by atoms with van der Waals surface area (Å²) in [7, 11) is 0. The van der Waals surface area contributed by atoms with Gasteiger partial charge in [-0.1, -0.05) is 11.8 Å². The van der Waals surface area contributed by atoms with Gasteiger partial charge in [0.15, 0.2) is 0 Å². The molecule has 2 aromatic rings. The van der Waals surface area contributed by atoms with Crippen molar-refractivity contribution in [1.82, 2.24) is 0 Å². The van der Waals surface area contributed by atoms with E-state index in [0.29, 0.717) is 5.56 Å². The van der Waals surface area contributed by atoms with E-state index in [-0.39, 0.29) is 5.69 Å². The molecule has 0 saturated carbocycles. The van der Waals surface area contributed by atoms with Gasteiger partial charge in [-0.05, 0) is 42.8 Å². The van der Waals surface area contributed by atoms with Gasteiger partial charge in [0.05, 0.1) is 16.6 Å². The van der Waals surface area contributed by atoms with Gasteiger partial charge in [-0.3, -0.25) is 10.1 Å². The number of nitro groups is 1. The second-order valence-electron chi connectivity index (χ2n) is 3.95. The van der Waals surface area contributed by atoms with Crippen molar-refractivity contribution in [2.24, 2.45) is 0 Å². The van der Waals surface area contributed by atoms with Crippen LogP contribution in [0, 0.1) is 28.4 Å². The quantitative estimate of drug-likeness (QED) is 0.626. The molecule has 94 valence electrons. The van der Waals surface area contributed by atoms with E-state index in [1.54, 1.807) is 18.2 Å². The van der Waals surface area contributed by atoms with Crippen LogP contribution in [-0.2, 0) is 0 Å². The molecule has 0 radical (unpaired) electrons. The van der Waals surface area contributed by atoms with Gasteiger partial charge in [-0.25, -0.2) is 0 Å². The Kier molecular flexibility index (Phi) is 3.83. The Balaban J connectivity index is 2.22. The van der Waals surface area contributed by atoms with E-state index >= 15 is 0 Å². The zero-order valence-corrected chi connectivity index (χ0v) is 11.0. The number of hydrogen-bond acceptors (Lipinski definition) is 4. The molecule has 2 aromatic carbocycles. The van der Waals surface area contributed by atoms with E-state index < -0.39 is 4.92 Å². The standard InChI is InChI=1S/C14H10N2O2S/c1-10-8-11(9-15)2-7-14(10)19-13-5-3-12(4-6-13)16(17)18/h2-8H,1H3. The number of non-ortho nitro benzene ring substituents is 1. The van der Waals surface area contributed by atoms with Crippen molar-refractivity contribution in [2.75, 3.05) is 0 Å². The van der Waals surface area contributed by atoms with E-state index in [9.17, 15) is 10.1 Å². The molecule has 4 nitrogen and oxygen atoms in total. The van der Waals surface area contributed by atoms with Gasteiger partial charge in [-0.15, -0.1) is 0 Å². The lowest BCUT2D eigenvalue weighted by atomic mass is 10.2. The van der Waals surface area contributed by atoms with Gasteiger partial charge in [0.1, 0.15) is 0 Å². The molecule has 0 aliphatic rings. The van der Waals surface area contributed by atoms with Gasteiger partial charge < -0.3 is 0 Å². The molecule has 0 heterocycles. The number of nitriles is 1. The first-order valence-electron chi connectivity index (χ1n) is 5.53. The van der Waals surface area contributed by atoms with Gasteiger partial charge >= 0.3 is 0 Å².